The van der Waals surface area contributed by atoms with Crippen molar-refractivity contribution in [3.63, 3.8) is 0 Å². The molecule has 1 aliphatic heterocycles. The van der Waals surface area contributed by atoms with Gasteiger partial charge in [0, 0.05) is 11.8 Å². The molecule has 1 atom stereocenters. The first-order chi connectivity index (χ1) is 6.14. The summed E-state index contributed by atoms with van der Waals surface area (Å²) in [6.45, 7) is 2.76. The topological polar surface area (TPSA) is 46.2 Å². The van der Waals surface area contributed by atoms with Crippen LogP contribution in [0.1, 0.15) is 32.6 Å². The molecule has 1 saturated heterocycles. The lowest BCUT2D eigenvalue weighted by Crippen LogP contribution is -2.35. The van der Waals surface area contributed by atoms with Gasteiger partial charge in [0.1, 0.15) is 9.84 Å². The summed E-state index contributed by atoms with van der Waals surface area (Å²) in [6.07, 6.45) is 4.40. The Hall–Kier alpha value is 0.200. The molecule has 1 N–H and O–H groups in total. The summed E-state index contributed by atoms with van der Waals surface area (Å²) < 4.78 is 22.4. The second kappa shape index (κ2) is 6.64. The molecule has 86 valence electrons. The molecule has 14 heavy (non-hydrogen) atoms. The van der Waals surface area contributed by atoms with Gasteiger partial charge in [-0.15, -0.1) is 12.4 Å². The lowest BCUT2D eigenvalue weighted by atomic mass is 10.0. The minimum Gasteiger partial charge on any atom is -0.314 e. The first-order valence-electron chi connectivity index (χ1n) is 5.08. The number of sulfone groups is 1. The summed E-state index contributed by atoms with van der Waals surface area (Å²) in [5, 5.41) is 3.35. The van der Waals surface area contributed by atoms with Crippen molar-refractivity contribution in [2.75, 3.05) is 18.1 Å². The van der Waals surface area contributed by atoms with Gasteiger partial charge in [-0.05, 0) is 25.8 Å². The van der Waals surface area contributed by atoms with Crippen molar-refractivity contribution in [1.29, 1.82) is 0 Å². The van der Waals surface area contributed by atoms with Crippen LogP contribution in [-0.2, 0) is 9.84 Å². The maximum Gasteiger partial charge on any atom is 0.150 e. The van der Waals surface area contributed by atoms with E-state index in [4.69, 9.17) is 0 Å². The van der Waals surface area contributed by atoms with Crippen LogP contribution in [0, 0.1) is 0 Å². The molecule has 0 aromatic carbocycles. The van der Waals surface area contributed by atoms with E-state index >= 15 is 0 Å². The molecule has 0 aliphatic carbocycles. The van der Waals surface area contributed by atoms with Gasteiger partial charge in [-0.25, -0.2) is 8.42 Å². The predicted octanol–water partition coefficient (Wildman–Crippen LogP) is 1.38. The molecule has 1 unspecified atom stereocenters. The molecule has 1 heterocycles. The number of nitrogens with one attached hydrogen (secondary N) is 1. The van der Waals surface area contributed by atoms with Gasteiger partial charge >= 0.3 is 0 Å². The molecule has 3 nitrogen and oxygen atoms in total. The maximum atomic E-state index is 11.2. The molecule has 0 amide bonds. The second-order valence-corrected chi connectivity index (χ2v) is 6.14. The molecule has 1 rings (SSSR count). The van der Waals surface area contributed by atoms with E-state index in [1.807, 2.05) is 0 Å². The fourth-order valence-corrected chi connectivity index (χ4v) is 2.57. The molecule has 1 aliphatic rings. The van der Waals surface area contributed by atoms with Crippen LogP contribution < -0.4 is 5.32 Å². The third-order valence-electron chi connectivity index (χ3n) is 2.63. The minimum atomic E-state index is -2.76. The lowest BCUT2D eigenvalue weighted by Gasteiger charge is -2.22. The Balaban J connectivity index is 0.00000169. The molecular weight excluding hydrogens is 222 g/mol. The molecule has 0 spiro atoms. The highest BCUT2D eigenvalue weighted by Crippen LogP contribution is 2.11. The van der Waals surface area contributed by atoms with Crippen molar-refractivity contribution in [3.8, 4) is 0 Å². The number of hydrogen-bond donors (Lipinski definition) is 1. The zero-order valence-electron chi connectivity index (χ0n) is 8.66. The first-order valence-corrected chi connectivity index (χ1v) is 6.90. The number of halogens is 1. The van der Waals surface area contributed by atoms with E-state index in [1.165, 1.54) is 12.8 Å². The largest absolute Gasteiger partial charge is 0.314 e. The molecule has 5 heteroatoms. The number of piperidine rings is 1. The van der Waals surface area contributed by atoms with Crippen LogP contribution in [0.5, 0.6) is 0 Å². The van der Waals surface area contributed by atoms with Crippen LogP contribution in [0.4, 0.5) is 0 Å². The molecule has 0 aromatic rings. The first kappa shape index (κ1) is 14.2. The monoisotopic (exact) mass is 241 g/mol. The van der Waals surface area contributed by atoms with Crippen LogP contribution in [0.2, 0.25) is 0 Å². The van der Waals surface area contributed by atoms with Gasteiger partial charge in [0.15, 0.2) is 0 Å². The summed E-state index contributed by atoms with van der Waals surface area (Å²) >= 11 is 0. The zero-order valence-corrected chi connectivity index (χ0v) is 10.3. The lowest BCUT2D eigenvalue weighted by molar-refractivity contribution is 0.392. The molecule has 0 radical (unpaired) electrons. The van der Waals surface area contributed by atoms with E-state index in [1.54, 1.807) is 6.92 Å². The van der Waals surface area contributed by atoms with Crippen LogP contribution >= 0.6 is 12.4 Å². The molecule has 0 aromatic heterocycles. The van der Waals surface area contributed by atoms with Crippen molar-refractivity contribution < 1.29 is 8.42 Å². The average Bonchev–Trinajstić information content (AvgIpc) is 2.17. The zero-order chi connectivity index (χ0) is 9.73. The fourth-order valence-electron chi connectivity index (χ4n) is 1.64. The Kier molecular flexibility index (Phi) is 6.74. The summed E-state index contributed by atoms with van der Waals surface area (Å²) in [5.74, 6) is 0.626. The quantitative estimate of drug-likeness (QED) is 0.809. The van der Waals surface area contributed by atoms with E-state index < -0.39 is 9.84 Å². The molecule has 1 fully saturated rings. The smallest absolute Gasteiger partial charge is 0.150 e. The van der Waals surface area contributed by atoms with Gasteiger partial charge in [-0.1, -0.05) is 13.3 Å². The van der Waals surface area contributed by atoms with Crippen molar-refractivity contribution in [2.45, 2.75) is 38.6 Å². The Bertz CT molecular complexity index is 235. The summed E-state index contributed by atoms with van der Waals surface area (Å²) in [7, 11) is -2.76. The third-order valence-corrected chi connectivity index (χ3v) is 4.37. The summed E-state index contributed by atoms with van der Waals surface area (Å²) in [5.41, 5.74) is 0. The second-order valence-electron chi connectivity index (χ2n) is 3.67. The van der Waals surface area contributed by atoms with Gasteiger partial charge in [0.05, 0.1) is 5.75 Å². The van der Waals surface area contributed by atoms with Crippen molar-refractivity contribution in [1.82, 2.24) is 5.32 Å². The van der Waals surface area contributed by atoms with E-state index in [0.29, 0.717) is 11.8 Å². The van der Waals surface area contributed by atoms with Crippen LogP contribution in [0.25, 0.3) is 0 Å². The highest BCUT2D eigenvalue weighted by molar-refractivity contribution is 7.91. The third kappa shape index (κ3) is 5.17. The van der Waals surface area contributed by atoms with Crippen molar-refractivity contribution in [3.05, 3.63) is 0 Å². The van der Waals surface area contributed by atoms with Gasteiger partial charge in [-0.2, -0.15) is 0 Å². The van der Waals surface area contributed by atoms with E-state index in [2.05, 4.69) is 5.32 Å². The van der Waals surface area contributed by atoms with E-state index in [-0.39, 0.29) is 18.2 Å². The molecule has 0 bridgehead atoms. The van der Waals surface area contributed by atoms with E-state index in [9.17, 15) is 8.42 Å². The number of hydrogen-bond acceptors (Lipinski definition) is 3. The summed E-state index contributed by atoms with van der Waals surface area (Å²) in [4.78, 5) is 0. The number of rotatable bonds is 4. The van der Waals surface area contributed by atoms with Crippen LogP contribution in [0.3, 0.4) is 0 Å². The standard InChI is InChI=1S/C9H19NO2S.ClH/c1-2-13(11,12)8-6-9-5-3-4-7-10-9;/h9-10H,2-8H2,1H3;1H. The maximum absolute atomic E-state index is 11.2. The highest BCUT2D eigenvalue weighted by Gasteiger charge is 2.15. The Morgan fingerprint density at radius 2 is 2.07 bits per heavy atom. The SMILES string of the molecule is CCS(=O)(=O)CCC1CCCCN1.Cl. The van der Waals surface area contributed by atoms with Crippen molar-refractivity contribution >= 4 is 22.2 Å². The fraction of sp³-hybridized carbons (Fsp3) is 1.00. The van der Waals surface area contributed by atoms with E-state index in [0.717, 1.165) is 19.4 Å². The van der Waals surface area contributed by atoms with Gasteiger partial charge in [0.2, 0.25) is 0 Å². The van der Waals surface area contributed by atoms with Gasteiger partial charge < -0.3 is 5.32 Å². The van der Waals surface area contributed by atoms with Crippen LogP contribution in [0.15, 0.2) is 0 Å². The summed E-state index contributed by atoms with van der Waals surface area (Å²) in [6, 6.07) is 0.440. The minimum absolute atomic E-state index is 0. The Labute approximate surface area is 93.0 Å². The van der Waals surface area contributed by atoms with Gasteiger partial charge in [0.25, 0.3) is 0 Å². The Morgan fingerprint density at radius 1 is 1.36 bits per heavy atom. The van der Waals surface area contributed by atoms with Crippen molar-refractivity contribution in [2.24, 2.45) is 0 Å². The Morgan fingerprint density at radius 3 is 2.57 bits per heavy atom. The predicted molar refractivity (Wildman–Crippen MR) is 61.8 cm³/mol. The van der Waals surface area contributed by atoms with Gasteiger partial charge in [-0.3, -0.25) is 0 Å². The normalized spacial score (nSPS) is 22.8. The average molecular weight is 242 g/mol. The molecular formula is C9H20ClNO2S. The van der Waals surface area contributed by atoms with Crippen LogP contribution in [-0.4, -0.2) is 32.5 Å². The molecule has 0 saturated carbocycles. The highest BCUT2D eigenvalue weighted by atomic mass is 35.5.